The van der Waals surface area contributed by atoms with E-state index in [-0.39, 0.29) is 31.1 Å². The molecule has 0 N–H and O–H groups in total. The molecule has 0 saturated heterocycles. The van der Waals surface area contributed by atoms with Crippen molar-refractivity contribution < 1.29 is 28.6 Å². The smallest absolute Gasteiger partial charge is 0.306 e. The molecule has 0 aromatic carbocycles. The molecule has 0 spiro atoms. The van der Waals surface area contributed by atoms with Crippen molar-refractivity contribution in [1.29, 1.82) is 0 Å². The Kier molecular flexibility index (Phi) is 47.4. The van der Waals surface area contributed by atoms with E-state index in [9.17, 15) is 14.4 Å². The Morgan fingerprint density at radius 2 is 0.656 bits per heavy atom. The van der Waals surface area contributed by atoms with Crippen LogP contribution in [0.4, 0.5) is 0 Å². The van der Waals surface area contributed by atoms with E-state index >= 15 is 0 Å². The molecule has 61 heavy (non-hydrogen) atoms. The number of esters is 3. The van der Waals surface area contributed by atoms with Crippen molar-refractivity contribution in [3.63, 3.8) is 0 Å². The standard InChI is InChI=1S/C55H96O6/c1-4-7-10-13-16-19-22-24-26-27-29-31-34-37-40-43-46-49-55(58)61-52(50-59-53(56)47-44-41-38-35-32-21-18-15-12-9-6-3)51-60-54(57)48-45-42-39-36-33-30-28-25-23-20-17-14-11-8-5-2/h8,11,15,17-18,20,25,28,33,36,52H,4-7,9-10,12-14,16,19,21-24,26-27,29-32,34-35,37-51H2,1-3H3/b11-8-,18-15-,20-17-,28-25-,36-33-/t52-/m0/s1. The highest BCUT2D eigenvalue weighted by Gasteiger charge is 2.19. The van der Waals surface area contributed by atoms with Crippen molar-refractivity contribution in [2.75, 3.05) is 13.2 Å². The molecular formula is C55H96O6. The highest BCUT2D eigenvalue weighted by Crippen LogP contribution is 2.15. The number of hydrogen-bond donors (Lipinski definition) is 0. The molecule has 0 bridgehead atoms. The number of unbranched alkanes of at least 4 members (excludes halogenated alkanes) is 25. The number of rotatable bonds is 46. The fourth-order valence-corrected chi connectivity index (χ4v) is 7.12. The average Bonchev–Trinajstić information content (AvgIpc) is 3.26. The highest BCUT2D eigenvalue weighted by atomic mass is 16.6. The van der Waals surface area contributed by atoms with E-state index in [1.807, 2.05) is 0 Å². The summed E-state index contributed by atoms with van der Waals surface area (Å²) in [6, 6.07) is 0. The number of carbonyl (C=O) groups is 3. The van der Waals surface area contributed by atoms with Gasteiger partial charge in [-0.2, -0.15) is 0 Å². The molecule has 0 aliphatic carbocycles. The summed E-state index contributed by atoms with van der Waals surface area (Å²) in [5.41, 5.74) is 0. The van der Waals surface area contributed by atoms with Crippen molar-refractivity contribution in [2.45, 2.75) is 258 Å². The van der Waals surface area contributed by atoms with Gasteiger partial charge in [-0.15, -0.1) is 0 Å². The maximum Gasteiger partial charge on any atom is 0.306 e. The summed E-state index contributed by atoms with van der Waals surface area (Å²) in [6.45, 7) is 6.45. The Balaban J connectivity index is 4.41. The summed E-state index contributed by atoms with van der Waals surface area (Å²) in [6.07, 6.45) is 60.7. The fourth-order valence-electron chi connectivity index (χ4n) is 7.12. The van der Waals surface area contributed by atoms with Crippen LogP contribution in [-0.2, 0) is 28.6 Å². The van der Waals surface area contributed by atoms with Gasteiger partial charge in [-0.1, -0.05) is 216 Å². The summed E-state index contributed by atoms with van der Waals surface area (Å²) in [5, 5.41) is 0. The third-order valence-electron chi connectivity index (χ3n) is 11.0. The minimum atomic E-state index is -0.791. The van der Waals surface area contributed by atoms with Crippen LogP contribution in [-0.4, -0.2) is 37.2 Å². The Morgan fingerprint density at radius 1 is 0.344 bits per heavy atom. The van der Waals surface area contributed by atoms with Crippen LogP contribution in [0.5, 0.6) is 0 Å². The maximum absolute atomic E-state index is 12.8. The molecule has 0 heterocycles. The third-order valence-corrected chi connectivity index (χ3v) is 11.0. The highest BCUT2D eigenvalue weighted by molar-refractivity contribution is 5.71. The lowest BCUT2D eigenvalue weighted by Crippen LogP contribution is -2.30. The van der Waals surface area contributed by atoms with E-state index in [2.05, 4.69) is 81.5 Å². The van der Waals surface area contributed by atoms with E-state index in [0.717, 1.165) is 89.9 Å². The normalized spacial score (nSPS) is 12.5. The summed E-state index contributed by atoms with van der Waals surface area (Å²) in [5.74, 6) is -0.936. The van der Waals surface area contributed by atoms with Crippen molar-refractivity contribution in [2.24, 2.45) is 0 Å². The molecule has 6 nitrogen and oxygen atoms in total. The second-order valence-corrected chi connectivity index (χ2v) is 17.1. The van der Waals surface area contributed by atoms with E-state index in [4.69, 9.17) is 14.2 Å². The van der Waals surface area contributed by atoms with Crippen LogP contribution < -0.4 is 0 Å². The first-order valence-electron chi connectivity index (χ1n) is 25.8. The van der Waals surface area contributed by atoms with Gasteiger partial charge < -0.3 is 14.2 Å². The van der Waals surface area contributed by atoms with E-state index in [1.54, 1.807) is 0 Å². The molecule has 0 aliphatic rings. The van der Waals surface area contributed by atoms with Crippen molar-refractivity contribution in [3.05, 3.63) is 60.8 Å². The molecule has 0 fully saturated rings. The van der Waals surface area contributed by atoms with Crippen LogP contribution in [0.25, 0.3) is 0 Å². The summed E-state index contributed by atoms with van der Waals surface area (Å²) < 4.78 is 16.7. The average molecular weight is 853 g/mol. The molecule has 0 radical (unpaired) electrons. The van der Waals surface area contributed by atoms with Gasteiger partial charge in [0, 0.05) is 19.3 Å². The lowest BCUT2D eigenvalue weighted by Gasteiger charge is -2.18. The monoisotopic (exact) mass is 853 g/mol. The molecule has 1 atom stereocenters. The molecule has 6 heteroatoms. The lowest BCUT2D eigenvalue weighted by molar-refractivity contribution is -0.167. The van der Waals surface area contributed by atoms with Gasteiger partial charge in [-0.05, 0) is 77.0 Å². The van der Waals surface area contributed by atoms with Gasteiger partial charge in [0.1, 0.15) is 13.2 Å². The number of ether oxygens (including phenoxy) is 3. The number of hydrogen-bond acceptors (Lipinski definition) is 6. The maximum atomic E-state index is 12.8. The molecule has 0 rings (SSSR count). The quantitative estimate of drug-likeness (QED) is 0.0263. The van der Waals surface area contributed by atoms with Gasteiger partial charge >= 0.3 is 17.9 Å². The fraction of sp³-hybridized carbons (Fsp3) is 0.764. The first-order valence-corrected chi connectivity index (χ1v) is 25.8. The largest absolute Gasteiger partial charge is 0.462 e. The topological polar surface area (TPSA) is 78.9 Å². The molecular weight excluding hydrogens is 757 g/mol. The van der Waals surface area contributed by atoms with Gasteiger partial charge in [0.2, 0.25) is 0 Å². The number of carbonyl (C=O) groups excluding carboxylic acids is 3. The number of allylic oxidation sites excluding steroid dienone is 10. The summed E-state index contributed by atoms with van der Waals surface area (Å²) in [4.78, 5) is 37.9. The minimum absolute atomic E-state index is 0.0902. The van der Waals surface area contributed by atoms with Crippen LogP contribution in [0.15, 0.2) is 60.8 Å². The van der Waals surface area contributed by atoms with E-state index < -0.39 is 6.10 Å². The Hall–Kier alpha value is -2.89. The van der Waals surface area contributed by atoms with Gasteiger partial charge in [0.15, 0.2) is 6.10 Å². The van der Waals surface area contributed by atoms with E-state index in [1.165, 1.54) is 122 Å². The predicted molar refractivity (Wildman–Crippen MR) is 261 cm³/mol. The molecule has 0 amide bonds. The van der Waals surface area contributed by atoms with Crippen LogP contribution >= 0.6 is 0 Å². The van der Waals surface area contributed by atoms with Crippen LogP contribution in [0.2, 0.25) is 0 Å². The van der Waals surface area contributed by atoms with Gasteiger partial charge in [-0.25, -0.2) is 0 Å². The van der Waals surface area contributed by atoms with Crippen molar-refractivity contribution in [1.82, 2.24) is 0 Å². The molecule has 352 valence electrons. The second kappa shape index (κ2) is 49.8. The molecule has 0 unspecified atom stereocenters. The van der Waals surface area contributed by atoms with Crippen molar-refractivity contribution >= 4 is 17.9 Å². The van der Waals surface area contributed by atoms with E-state index in [0.29, 0.717) is 19.3 Å². The third kappa shape index (κ3) is 48.0. The zero-order valence-corrected chi connectivity index (χ0v) is 40.2. The Labute approximate surface area is 377 Å². The lowest BCUT2D eigenvalue weighted by atomic mass is 10.0. The molecule has 0 saturated carbocycles. The van der Waals surface area contributed by atoms with Crippen LogP contribution in [0, 0.1) is 0 Å². The first kappa shape index (κ1) is 58.1. The predicted octanol–water partition coefficient (Wildman–Crippen LogP) is 16.9. The van der Waals surface area contributed by atoms with Crippen LogP contribution in [0.3, 0.4) is 0 Å². The summed E-state index contributed by atoms with van der Waals surface area (Å²) >= 11 is 0. The SMILES string of the molecule is CC/C=C\C/C=C\C/C=C\C/C=C\CCCCC(=O)OC[C@H](COC(=O)CCCCCCC/C=C\CCCC)OC(=O)CCCCCCCCCCCCCCCCCCC. The van der Waals surface area contributed by atoms with Gasteiger partial charge in [0.25, 0.3) is 0 Å². The zero-order chi connectivity index (χ0) is 44.4. The summed E-state index contributed by atoms with van der Waals surface area (Å²) in [7, 11) is 0. The Morgan fingerprint density at radius 3 is 1.10 bits per heavy atom. The van der Waals surface area contributed by atoms with Crippen LogP contribution in [0.1, 0.15) is 252 Å². The zero-order valence-electron chi connectivity index (χ0n) is 40.2. The molecule has 0 aromatic rings. The first-order chi connectivity index (χ1) is 30.0. The van der Waals surface area contributed by atoms with Crippen molar-refractivity contribution in [3.8, 4) is 0 Å². The van der Waals surface area contributed by atoms with Gasteiger partial charge in [0.05, 0.1) is 0 Å². The molecule has 0 aliphatic heterocycles. The van der Waals surface area contributed by atoms with Gasteiger partial charge in [-0.3, -0.25) is 14.4 Å². The molecule has 0 aromatic heterocycles. The minimum Gasteiger partial charge on any atom is -0.462 e. The Bertz CT molecular complexity index is 1120. The second-order valence-electron chi connectivity index (χ2n) is 17.1.